The first-order valence-corrected chi connectivity index (χ1v) is 12.0. The molecule has 200 valence electrons. The van der Waals surface area contributed by atoms with Crippen LogP contribution in [0, 0.1) is 0 Å². The number of carbonyl (C=O) groups excluding carboxylic acids is 1. The Bertz CT molecular complexity index is 606. The summed E-state index contributed by atoms with van der Waals surface area (Å²) in [6, 6.07) is 0. The first-order chi connectivity index (χ1) is 16.2. The van der Waals surface area contributed by atoms with Gasteiger partial charge in [0.15, 0.2) is 6.29 Å². The van der Waals surface area contributed by atoms with Crippen molar-refractivity contribution in [3.8, 4) is 0 Å². The van der Waals surface area contributed by atoms with Crippen molar-refractivity contribution in [1.82, 2.24) is 0 Å². The van der Waals surface area contributed by atoms with E-state index in [1.807, 2.05) is 0 Å². The summed E-state index contributed by atoms with van der Waals surface area (Å²) >= 11 is 0. The summed E-state index contributed by atoms with van der Waals surface area (Å²) in [5, 5.41) is 69.9. The van der Waals surface area contributed by atoms with Crippen LogP contribution in [0.1, 0.15) is 58.3 Å². The number of ether oxygens (including phenoxy) is 4. The Hall–Kier alpha value is -0.930. The zero-order chi connectivity index (χ0) is 25.3. The molecule has 2 heterocycles. The number of aliphatic hydroxyl groups is 7. The minimum Gasteiger partial charge on any atom is -0.463 e. The van der Waals surface area contributed by atoms with Crippen molar-refractivity contribution >= 4 is 5.97 Å². The summed E-state index contributed by atoms with van der Waals surface area (Å²) < 4.78 is 21.3. The van der Waals surface area contributed by atoms with Crippen LogP contribution in [0.5, 0.6) is 0 Å². The number of esters is 1. The third-order valence-corrected chi connectivity index (χ3v) is 6.28. The average Bonchev–Trinajstić information content (AvgIpc) is 3.08. The highest BCUT2D eigenvalue weighted by atomic mass is 16.8. The number of hydrogen-bond donors (Lipinski definition) is 7. The lowest BCUT2D eigenvalue weighted by Crippen LogP contribution is -2.62. The maximum absolute atomic E-state index is 12.0. The number of rotatable bonds is 14. The van der Waals surface area contributed by atoms with E-state index in [0.717, 1.165) is 19.3 Å². The van der Waals surface area contributed by atoms with E-state index in [0.29, 0.717) is 6.42 Å². The molecule has 2 aliphatic rings. The number of unbranched alkanes of at least 4 members (excludes halogenated alkanes) is 6. The molecule has 0 spiro atoms. The van der Waals surface area contributed by atoms with Gasteiger partial charge in [-0.1, -0.05) is 45.4 Å². The number of carbonyl (C=O) groups is 1. The molecule has 2 fully saturated rings. The van der Waals surface area contributed by atoms with E-state index in [1.54, 1.807) is 0 Å². The Morgan fingerprint density at radius 1 is 0.853 bits per heavy atom. The molecule has 0 bridgehead atoms. The molecular weight excluding hydrogens is 456 g/mol. The van der Waals surface area contributed by atoms with Gasteiger partial charge in [-0.2, -0.15) is 0 Å². The van der Waals surface area contributed by atoms with E-state index < -0.39 is 80.6 Å². The van der Waals surface area contributed by atoms with Crippen molar-refractivity contribution in [2.75, 3.05) is 19.8 Å². The lowest BCUT2D eigenvalue weighted by Gasteiger charge is -2.43. The molecule has 2 aliphatic heterocycles. The summed E-state index contributed by atoms with van der Waals surface area (Å²) in [5.41, 5.74) is 0. The van der Waals surface area contributed by atoms with Crippen molar-refractivity contribution in [2.45, 2.75) is 113 Å². The van der Waals surface area contributed by atoms with Gasteiger partial charge in [-0.05, 0) is 6.42 Å². The molecule has 0 aromatic heterocycles. The second kappa shape index (κ2) is 14.0. The summed E-state index contributed by atoms with van der Waals surface area (Å²) in [6.07, 6.45) is -5.45. The Kier molecular flexibility index (Phi) is 12.0. The molecule has 0 amide bonds. The molecule has 0 aromatic carbocycles. The Balaban J connectivity index is 1.88. The van der Waals surface area contributed by atoms with Gasteiger partial charge in [-0.15, -0.1) is 0 Å². The molecule has 0 aliphatic carbocycles. The zero-order valence-corrected chi connectivity index (χ0v) is 19.6. The maximum atomic E-state index is 12.0. The highest BCUT2D eigenvalue weighted by molar-refractivity contribution is 5.69. The third kappa shape index (κ3) is 7.29. The van der Waals surface area contributed by atoms with Gasteiger partial charge in [0.1, 0.15) is 55.9 Å². The molecule has 7 N–H and O–H groups in total. The molecule has 0 aromatic rings. The summed E-state index contributed by atoms with van der Waals surface area (Å²) in [4.78, 5) is 12.0. The van der Waals surface area contributed by atoms with Crippen LogP contribution in [0.15, 0.2) is 0 Å². The van der Waals surface area contributed by atoms with Gasteiger partial charge >= 0.3 is 5.97 Å². The largest absolute Gasteiger partial charge is 0.463 e. The Labute approximate surface area is 199 Å². The van der Waals surface area contributed by atoms with Gasteiger partial charge in [0.2, 0.25) is 5.79 Å². The lowest BCUT2D eigenvalue weighted by molar-refractivity contribution is -0.383. The molecule has 0 radical (unpaired) electrons. The van der Waals surface area contributed by atoms with Gasteiger partial charge < -0.3 is 54.7 Å². The maximum Gasteiger partial charge on any atom is 0.305 e. The standard InChI is InChI=1S/C22H40O12/c1-2-3-4-5-6-7-8-9-15(25)31-11-14-16(26)18(28)19(29)21(32-14)34-22(12-24)20(30)17(27)13(10-23)33-22/h13-14,16-21,23-24,26-30H,2-12H2,1H3/t13-,14-,16-,17-,18+,19-,20+,21-,22+/m1/s1. The zero-order valence-electron chi connectivity index (χ0n) is 19.6. The van der Waals surface area contributed by atoms with Crippen LogP contribution in [-0.2, 0) is 23.7 Å². The highest BCUT2D eigenvalue weighted by Gasteiger charge is 2.58. The average molecular weight is 497 g/mol. The first kappa shape index (κ1) is 29.3. The molecule has 2 saturated heterocycles. The van der Waals surface area contributed by atoms with Gasteiger partial charge in [0.05, 0.1) is 6.61 Å². The van der Waals surface area contributed by atoms with Crippen LogP contribution in [0.25, 0.3) is 0 Å². The van der Waals surface area contributed by atoms with E-state index in [9.17, 15) is 40.5 Å². The van der Waals surface area contributed by atoms with Crippen LogP contribution < -0.4 is 0 Å². The monoisotopic (exact) mass is 496 g/mol. The highest BCUT2D eigenvalue weighted by Crippen LogP contribution is 2.36. The summed E-state index contributed by atoms with van der Waals surface area (Å²) in [7, 11) is 0. The molecule has 12 heteroatoms. The van der Waals surface area contributed by atoms with E-state index in [-0.39, 0.29) is 6.42 Å². The second-order valence-corrected chi connectivity index (χ2v) is 8.93. The molecule has 0 unspecified atom stereocenters. The molecule has 9 atom stereocenters. The van der Waals surface area contributed by atoms with E-state index >= 15 is 0 Å². The minimum absolute atomic E-state index is 0.190. The number of aliphatic hydroxyl groups excluding tert-OH is 7. The van der Waals surface area contributed by atoms with Crippen LogP contribution in [-0.4, -0.2) is 116 Å². The normalized spacial score (nSPS) is 38.2. The van der Waals surface area contributed by atoms with Gasteiger partial charge in [0.25, 0.3) is 0 Å². The van der Waals surface area contributed by atoms with Crippen LogP contribution >= 0.6 is 0 Å². The predicted molar refractivity (Wildman–Crippen MR) is 115 cm³/mol. The van der Waals surface area contributed by atoms with Crippen molar-refractivity contribution < 1.29 is 59.5 Å². The van der Waals surface area contributed by atoms with Gasteiger partial charge in [-0.3, -0.25) is 4.79 Å². The van der Waals surface area contributed by atoms with Crippen LogP contribution in [0.4, 0.5) is 0 Å². The first-order valence-electron chi connectivity index (χ1n) is 12.0. The fourth-order valence-corrected chi connectivity index (χ4v) is 4.09. The fraction of sp³-hybridized carbons (Fsp3) is 0.955. The van der Waals surface area contributed by atoms with Crippen molar-refractivity contribution in [2.24, 2.45) is 0 Å². The van der Waals surface area contributed by atoms with E-state index in [4.69, 9.17) is 18.9 Å². The Morgan fingerprint density at radius 3 is 2.09 bits per heavy atom. The van der Waals surface area contributed by atoms with E-state index in [2.05, 4.69) is 6.92 Å². The van der Waals surface area contributed by atoms with Crippen LogP contribution in [0.2, 0.25) is 0 Å². The quantitative estimate of drug-likeness (QED) is 0.106. The van der Waals surface area contributed by atoms with E-state index in [1.165, 1.54) is 19.3 Å². The molecule has 0 saturated carbocycles. The summed E-state index contributed by atoms with van der Waals surface area (Å²) in [6.45, 7) is 0.0448. The number of hydrogen-bond acceptors (Lipinski definition) is 12. The third-order valence-electron chi connectivity index (χ3n) is 6.28. The van der Waals surface area contributed by atoms with Gasteiger partial charge in [-0.25, -0.2) is 0 Å². The second-order valence-electron chi connectivity index (χ2n) is 8.93. The van der Waals surface area contributed by atoms with Gasteiger partial charge in [0, 0.05) is 6.42 Å². The SMILES string of the molecule is CCCCCCCCCC(=O)OC[C@H]1O[C@H](O[C@]2(CO)O[C@H](CO)[C@@H](O)[C@@H]2O)[C@H](O)[C@@H](O)[C@@H]1O. The molecule has 12 nitrogen and oxygen atoms in total. The topological polar surface area (TPSA) is 196 Å². The predicted octanol–water partition coefficient (Wildman–Crippen LogP) is -1.70. The molecule has 2 rings (SSSR count). The lowest BCUT2D eigenvalue weighted by atomic mass is 9.99. The molecular formula is C22H40O12. The van der Waals surface area contributed by atoms with Crippen molar-refractivity contribution in [3.63, 3.8) is 0 Å². The summed E-state index contributed by atoms with van der Waals surface area (Å²) in [5.74, 6) is -2.77. The smallest absolute Gasteiger partial charge is 0.305 e. The Morgan fingerprint density at radius 2 is 1.50 bits per heavy atom. The van der Waals surface area contributed by atoms with Crippen molar-refractivity contribution in [3.05, 3.63) is 0 Å². The fourth-order valence-electron chi connectivity index (χ4n) is 4.09. The van der Waals surface area contributed by atoms with Crippen LogP contribution in [0.3, 0.4) is 0 Å². The van der Waals surface area contributed by atoms with Crippen molar-refractivity contribution in [1.29, 1.82) is 0 Å². The molecule has 34 heavy (non-hydrogen) atoms. The minimum atomic E-state index is -2.27.